The van der Waals surface area contributed by atoms with Crippen molar-refractivity contribution in [2.24, 2.45) is 11.8 Å². The Morgan fingerprint density at radius 1 is 1.00 bits per heavy atom. The molecule has 1 aliphatic carbocycles. The van der Waals surface area contributed by atoms with Crippen LogP contribution in [0, 0.1) is 5.92 Å². The van der Waals surface area contributed by atoms with Crippen LogP contribution in [0.4, 0.5) is 0 Å². The third kappa shape index (κ3) is 4.26. The van der Waals surface area contributed by atoms with Crippen LogP contribution in [0.2, 0.25) is 0 Å². The molecular weight excluding hydrogens is 338 g/mol. The van der Waals surface area contributed by atoms with Gasteiger partial charge in [-0.15, -0.1) is 0 Å². The Morgan fingerprint density at radius 2 is 1.85 bits per heavy atom. The number of hydrogen-bond acceptors (Lipinski definition) is 5. The van der Waals surface area contributed by atoms with Gasteiger partial charge in [-0.25, -0.2) is 15.9 Å². The van der Waals surface area contributed by atoms with Crippen LogP contribution < -0.4 is 10.6 Å². The molecule has 5 heteroatoms. The van der Waals surface area contributed by atoms with Gasteiger partial charge in [-0.05, 0) is 37.0 Å². The quantitative estimate of drug-likeness (QED) is 0.642. The zero-order valence-corrected chi connectivity index (χ0v) is 15.4. The Balaban J connectivity index is 1.40. The SMILES string of the molecule is NOC(c1ccc(OCc2ccc3ccccc3n2)nc1)C1CCCCC1. The van der Waals surface area contributed by atoms with E-state index in [0.717, 1.165) is 35.0 Å². The second-order valence-electron chi connectivity index (χ2n) is 7.17. The number of hydrogen-bond donors (Lipinski definition) is 1. The number of pyridine rings is 2. The lowest BCUT2D eigenvalue weighted by Gasteiger charge is -2.28. The summed E-state index contributed by atoms with van der Waals surface area (Å²) in [5, 5.41) is 1.12. The van der Waals surface area contributed by atoms with Gasteiger partial charge in [0.1, 0.15) is 12.7 Å². The second-order valence-corrected chi connectivity index (χ2v) is 7.17. The Kier molecular flexibility index (Phi) is 5.61. The Morgan fingerprint density at radius 3 is 2.63 bits per heavy atom. The van der Waals surface area contributed by atoms with Crippen molar-refractivity contribution < 1.29 is 9.57 Å². The van der Waals surface area contributed by atoms with Gasteiger partial charge in [-0.1, -0.05) is 43.5 Å². The van der Waals surface area contributed by atoms with Crippen molar-refractivity contribution in [3.05, 3.63) is 66.0 Å². The van der Waals surface area contributed by atoms with E-state index in [2.05, 4.69) is 22.1 Å². The predicted molar refractivity (Wildman–Crippen MR) is 105 cm³/mol. The molecule has 1 unspecified atom stereocenters. The molecule has 1 fully saturated rings. The average Bonchev–Trinajstić information content (AvgIpc) is 2.74. The monoisotopic (exact) mass is 363 g/mol. The van der Waals surface area contributed by atoms with Crippen molar-refractivity contribution >= 4 is 10.9 Å². The highest BCUT2D eigenvalue weighted by Gasteiger charge is 2.25. The van der Waals surface area contributed by atoms with Gasteiger partial charge in [-0.2, -0.15) is 0 Å². The van der Waals surface area contributed by atoms with Crippen LogP contribution in [-0.4, -0.2) is 9.97 Å². The van der Waals surface area contributed by atoms with Crippen molar-refractivity contribution in [2.75, 3.05) is 0 Å². The van der Waals surface area contributed by atoms with E-state index >= 15 is 0 Å². The number of nitrogens with zero attached hydrogens (tertiary/aromatic N) is 2. The lowest BCUT2D eigenvalue weighted by molar-refractivity contribution is -0.00302. The molecule has 27 heavy (non-hydrogen) atoms. The van der Waals surface area contributed by atoms with Gasteiger partial charge >= 0.3 is 0 Å². The molecule has 0 radical (unpaired) electrons. The summed E-state index contributed by atoms with van der Waals surface area (Å²) in [6.07, 6.45) is 7.85. The highest BCUT2D eigenvalue weighted by molar-refractivity contribution is 5.78. The molecular formula is C22H25N3O2. The molecule has 1 aromatic carbocycles. The van der Waals surface area contributed by atoms with Crippen LogP contribution in [0.5, 0.6) is 5.88 Å². The summed E-state index contributed by atoms with van der Waals surface area (Å²) >= 11 is 0. The summed E-state index contributed by atoms with van der Waals surface area (Å²) in [6, 6.07) is 16.0. The normalized spacial score (nSPS) is 16.3. The lowest BCUT2D eigenvalue weighted by atomic mass is 9.83. The van der Waals surface area contributed by atoms with Crippen molar-refractivity contribution in [1.82, 2.24) is 9.97 Å². The third-order valence-electron chi connectivity index (χ3n) is 5.34. The first-order valence-corrected chi connectivity index (χ1v) is 9.62. The second kappa shape index (κ2) is 8.46. The predicted octanol–water partition coefficient (Wildman–Crippen LogP) is 4.72. The van der Waals surface area contributed by atoms with E-state index in [0.29, 0.717) is 18.4 Å². The molecule has 3 aromatic rings. The standard InChI is InChI=1S/C22H25N3O2/c23-27-22(17-7-2-1-3-8-17)18-11-13-21(24-14-18)26-15-19-12-10-16-6-4-5-9-20(16)25-19/h4-6,9-14,17,22H,1-3,7-8,15,23H2. The highest BCUT2D eigenvalue weighted by Crippen LogP contribution is 2.36. The number of nitrogens with two attached hydrogens (primary N) is 1. The van der Waals surface area contributed by atoms with Gasteiger partial charge in [0.2, 0.25) is 5.88 Å². The van der Waals surface area contributed by atoms with Crippen LogP contribution in [0.15, 0.2) is 54.7 Å². The molecule has 0 bridgehead atoms. The highest BCUT2D eigenvalue weighted by atomic mass is 16.6. The van der Waals surface area contributed by atoms with Crippen LogP contribution >= 0.6 is 0 Å². The average molecular weight is 363 g/mol. The Labute approximate surface area is 159 Å². The number of para-hydroxylation sites is 1. The molecule has 2 N–H and O–H groups in total. The minimum atomic E-state index is -0.0889. The summed E-state index contributed by atoms with van der Waals surface area (Å²) in [4.78, 5) is 14.4. The zero-order valence-electron chi connectivity index (χ0n) is 15.4. The molecule has 4 rings (SSSR count). The summed E-state index contributed by atoms with van der Waals surface area (Å²) < 4.78 is 5.81. The summed E-state index contributed by atoms with van der Waals surface area (Å²) in [5.41, 5.74) is 2.86. The molecule has 2 aromatic heterocycles. The topological polar surface area (TPSA) is 70.3 Å². The number of aromatic nitrogens is 2. The van der Waals surface area contributed by atoms with Crippen molar-refractivity contribution in [3.8, 4) is 5.88 Å². The molecule has 2 heterocycles. The first-order chi connectivity index (χ1) is 13.3. The lowest BCUT2D eigenvalue weighted by Crippen LogP contribution is -2.21. The van der Waals surface area contributed by atoms with Gasteiger partial charge in [0.15, 0.2) is 0 Å². The van der Waals surface area contributed by atoms with E-state index in [4.69, 9.17) is 15.5 Å². The largest absolute Gasteiger partial charge is 0.471 e. The third-order valence-corrected chi connectivity index (χ3v) is 5.34. The smallest absolute Gasteiger partial charge is 0.213 e. The minimum absolute atomic E-state index is 0.0889. The fraction of sp³-hybridized carbons (Fsp3) is 0.364. The maximum Gasteiger partial charge on any atom is 0.213 e. The number of rotatable bonds is 6. The molecule has 0 spiro atoms. The molecule has 0 saturated heterocycles. The van der Waals surface area contributed by atoms with E-state index in [1.165, 1.54) is 19.3 Å². The summed E-state index contributed by atoms with van der Waals surface area (Å²) in [7, 11) is 0. The van der Waals surface area contributed by atoms with Crippen LogP contribution in [0.3, 0.4) is 0 Å². The molecule has 1 aliphatic rings. The Hall–Kier alpha value is -2.50. The zero-order chi connectivity index (χ0) is 18.5. The van der Waals surface area contributed by atoms with E-state index in [1.54, 1.807) is 0 Å². The van der Waals surface area contributed by atoms with E-state index in [1.807, 2.05) is 42.6 Å². The van der Waals surface area contributed by atoms with Crippen molar-refractivity contribution in [1.29, 1.82) is 0 Å². The van der Waals surface area contributed by atoms with Gasteiger partial charge in [0, 0.05) is 23.2 Å². The maximum absolute atomic E-state index is 5.81. The van der Waals surface area contributed by atoms with Crippen LogP contribution in [-0.2, 0) is 11.4 Å². The van der Waals surface area contributed by atoms with E-state index < -0.39 is 0 Å². The molecule has 0 aliphatic heterocycles. The first-order valence-electron chi connectivity index (χ1n) is 9.62. The summed E-state index contributed by atoms with van der Waals surface area (Å²) in [6.45, 7) is 0.386. The molecule has 1 saturated carbocycles. The van der Waals surface area contributed by atoms with Crippen molar-refractivity contribution in [2.45, 2.75) is 44.8 Å². The van der Waals surface area contributed by atoms with Crippen molar-refractivity contribution in [3.63, 3.8) is 0 Å². The fourth-order valence-corrected chi connectivity index (χ4v) is 3.88. The molecule has 5 nitrogen and oxygen atoms in total. The van der Waals surface area contributed by atoms with Gasteiger partial charge in [-0.3, -0.25) is 4.84 Å². The number of fused-ring (bicyclic) bond motifs is 1. The van der Waals surface area contributed by atoms with E-state index in [9.17, 15) is 0 Å². The van der Waals surface area contributed by atoms with Gasteiger partial charge in [0.05, 0.1) is 11.2 Å². The number of benzene rings is 1. The molecule has 1 atom stereocenters. The van der Waals surface area contributed by atoms with Gasteiger partial charge < -0.3 is 4.74 Å². The fourth-order valence-electron chi connectivity index (χ4n) is 3.88. The number of ether oxygens (including phenoxy) is 1. The minimum Gasteiger partial charge on any atom is -0.471 e. The van der Waals surface area contributed by atoms with E-state index in [-0.39, 0.29) is 6.10 Å². The van der Waals surface area contributed by atoms with Gasteiger partial charge in [0.25, 0.3) is 0 Å². The molecule has 0 amide bonds. The first kappa shape index (κ1) is 17.9. The summed E-state index contributed by atoms with van der Waals surface area (Å²) in [5.74, 6) is 6.63. The Bertz CT molecular complexity index is 876. The molecule has 140 valence electrons. The van der Waals surface area contributed by atoms with Crippen LogP contribution in [0.25, 0.3) is 10.9 Å². The maximum atomic E-state index is 5.81. The van der Waals surface area contributed by atoms with Crippen LogP contribution in [0.1, 0.15) is 49.5 Å².